The van der Waals surface area contributed by atoms with E-state index in [2.05, 4.69) is 95.8 Å². The molecule has 418 valence electrons. The molecule has 4 heterocycles. The van der Waals surface area contributed by atoms with E-state index in [4.69, 9.17) is 0 Å². The Kier molecular flexibility index (Phi) is 14.1. The number of rotatable bonds is 18. The van der Waals surface area contributed by atoms with Crippen LogP contribution in [0.2, 0.25) is 0 Å². The van der Waals surface area contributed by atoms with Crippen molar-refractivity contribution in [2.24, 2.45) is 28.2 Å². The van der Waals surface area contributed by atoms with Gasteiger partial charge in [0.25, 0.3) is 0 Å². The van der Waals surface area contributed by atoms with E-state index in [1.165, 1.54) is 109 Å². The van der Waals surface area contributed by atoms with Crippen LogP contribution in [-0.2, 0) is 46.4 Å². The van der Waals surface area contributed by atoms with Gasteiger partial charge in [-0.15, -0.1) is 0 Å². The van der Waals surface area contributed by atoms with Crippen LogP contribution in [0.5, 0.6) is 0 Å². The molecule has 83 heavy (non-hydrogen) atoms. The number of pyridine rings is 4. The first-order valence-electron chi connectivity index (χ1n) is 30.5. The van der Waals surface area contributed by atoms with E-state index < -0.39 is 0 Å². The van der Waals surface area contributed by atoms with Crippen LogP contribution in [0.3, 0.4) is 0 Å². The van der Waals surface area contributed by atoms with Gasteiger partial charge in [-0.2, -0.15) is 0 Å². The summed E-state index contributed by atoms with van der Waals surface area (Å²) in [6.45, 7) is 4.50. The summed E-state index contributed by atoms with van der Waals surface area (Å²) in [5.41, 5.74) is 17.6. The van der Waals surface area contributed by atoms with Crippen LogP contribution in [-0.4, -0.2) is 18.3 Å². The lowest BCUT2D eigenvalue weighted by molar-refractivity contribution is 0.397. The van der Waals surface area contributed by atoms with Crippen LogP contribution >= 0.6 is 0 Å². The normalized spacial score (nSPS) is 13.0. The highest BCUT2D eigenvalue weighted by molar-refractivity contribution is 6.05. The molecule has 0 amide bonds. The molecular formula is C75H74N4O4. The first-order chi connectivity index (χ1) is 40.3. The van der Waals surface area contributed by atoms with E-state index in [1.54, 1.807) is 0 Å². The minimum atomic E-state index is -0.00707. The Bertz CT molecular complexity index is 4570. The molecule has 0 aliphatic heterocycles. The number of aryl methyl sites for hydroxylation is 8. The van der Waals surface area contributed by atoms with E-state index in [-0.39, 0.29) is 27.1 Å². The second-order valence-corrected chi connectivity index (χ2v) is 24.5. The van der Waals surface area contributed by atoms with E-state index in [0.29, 0.717) is 32.3 Å². The topological polar surface area (TPSA) is 88.0 Å². The largest absolute Gasteiger partial charge is 0.343 e. The molecule has 8 aromatic carbocycles. The molecule has 0 N–H and O–H groups in total. The van der Waals surface area contributed by atoms with Gasteiger partial charge in [0.15, 0.2) is 21.7 Å². The second kappa shape index (κ2) is 21.8. The highest BCUT2D eigenvalue weighted by Gasteiger charge is 2.42. The third kappa shape index (κ3) is 9.30. The lowest BCUT2D eigenvalue weighted by Crippen LogP contribution is -2.25. The maximum Gasteiger partial charge on any atom is 0.197 e. The van der Waals surface area contributed by atoms with Gasteiger partial charge in [0.1, 0.15) is 0 Å². The van der Waals surface area contributed by atoms with Gasteiger partial charge in [0.2, 0.25) is 0 Å². The maximum absolute atomic E-state index is 14.2. The summed E-state index contributed by atoms with van der Waals surface area (Å²) in [6.07, 6.45) is 18.4. The van der Waals surface area contributed by atoms with Crippen LogP contribution in [0, 0.1) is 13.8 Å². The SMILES string of the molecule is Cc1ccc2c(c1)C(CCCCCCCCc1ccc3c(c1)c(=O)c1cc4c(cc1n3C)c(=O)c1ccccc1n4C)(CCCCCCCCc1ccc3c(c1)c(=O)c1cc4c(cc1n3C)c(=O)c1ccccc1n4C)c1cc(C)ccc1-2. The van der Waals surface area contributed by atoms with Crippen molar-refractivity contribution < 1.29 is 0 Å². The molecule has 0 unspecified atom stereocenters. The van der Waals surface area contributed by atoms with Crippen molar-refractivity contribution in [3.8, 4) is 11.1 Å². The summed E-state index contributed by atoms with van der Waals surface area (Å²) < 4.78 is 8.20. The molecule has 12 aromatic rings. The van der Waals surface area contributed by atoms with Crippen molar-refractivity contribution in [2.45, 2.75) is 122 Å². The Morgan fingerprint density at radius 2 is 0.614 bits per heavy atom. The van der Waals surface area contributed by atoms with Gasteiger partial charge < -0.3 is 18.3 Å². The third-order valence-corrected chi connectivity index (χ3v) is 19.3. The Morgan fingerprint density at radius 3 is 1.00 bits per heavy atom. The smallest absolute Gasteiger partial charge is 0.197 e. The zero-order valence-corrected chi connectivity index (χ0v) is 49.1. The third-order valence-electron chi connectivity index (χ3n) is 19.3. The highest BCUT2D eigenvalue weighted by atomic mass is 16.1. The van der Waals surface area contributed by atoms with Gasteiger partial charge in [-0.1, -0.05) is 148 Å². The lowest BCUT2D eigenvalue weighted by atomic mass is 9.70. The lowest BCUT2D eigenvalue weighted by Gasteiger charge is -2.33. The van der Waals surface area contributed by atoms with Crippen molar-refractivity contribution in [1.82, 2.24) is 18.3 Å². The summed E-state index contributed by atoms with van der Waals surface area (Å²) >= 11 is 0. The molecule has 0 bridgehead atoms. The Labute approximate surface area is 484 Å². The maximum atomic E-state index is 14.2. The predicted molar refractivity (Wildman–Crippen MR) is 348 cm³/mol. The first-order valence-corrected chi connectivity index (χ1v) is 30.5. The Hall–Kier alpha value is -8.36. The number of hydrogen-bond acceptors (Lipinski definition) is 4. The summed E-state index contributed by atoms with van der Waals surface area (Å²) in [4.78, 5) is 55.7. The summed E-state index contributed by atoms with van der Waals surface area (Å²) in [5.74, 6) is 0. The van der Waals surface area contributed by atoms with Crippen LogP contribution in [0.25, 0.3) is 98.4 Å². The van der Waals surface area contributed by atoms with Gasteiger partial charge in [-0.05, 0) is 159 Å². The molecule has 4 aromatic heterocycles. The van der Waals surface area contributed by atoms with Crippen LogP contribution in [0.1, 0.15) is 123 Å². The minimum absolute atomic E-state index is 0.00707. The number of para-hydroxylation sites is 2. The molecule has 0 spiro atoms. The number of benzene rings is 8. The van der Waals surface area contributed by atoms with Crippen molar-refractivity contribution in [1.29, 1.82) is 0 Å². The molecule has 1 aliphatic rings. The highest BCUT2D eigenvalue weighted by Crippen LogP contribution is 2.54. The molecule has 0 saturated heterocycles. The second-order valence-electron chi connectivity index (χ2n) is 24.5. The molecule has 0 saturated carbocycles. The summed E-state index contributed by atoms with van der Waals surface area (Å²) in [5, 5.41) is 5.36. The van der Waals surface area contributed by atoms with E-state index in [0.717, 1.165) is 93.4 Å². The van der Waals surface area contributed by atoms with Crippen molar-refractivity contribution in [3.05, 3.63) is 220 Å². The molecule has 0 radical (unpaired) electrons. The van der Waals surface area contributed by atoms with Gasteiger partial charge in [0.05, 0.1) is 44.1 Å². The van der Waals surface area contributed by atoms with Crippen LogP contribution in [0.4, 0.5) is 0 Å². The number of hydrogen-bond donors (Lipinski definition) is 0. The first kappa shape index (κ1) is 53.9. The number of fused-ring (bicyclic) bond motifs is 11. The average molecular weight is 1100 g/mol. The fourth-order valence-corrected chi connectivity index (χ4v) is 14.7. The number of nitrogens with zero attached hydrogens (tertiary/aromatic N) is 4. The number of aromatic nitrogens is 4. The quantitative estimate of drug-likeness (QED) is 0.0633. The number of unbranched alkanes of at least 4 members (excludes halogenated alkanes) is 10. The van der Waals surface area contributed by atoms with Crippen molar-refractivity contribution in [2.75, 3.05) is 0 Å². The molecular weight excluding hydrogens is 1020 g/mol. The van der Waals surface area contributed by atoms with Gasteiger partial charge in [-0.25, -0.2) is 0 Å². The Morgan fingerprint density at radius 1 is 0.301 bits per heavy atom. The standard InChI is InChI=1S/C75H74N4O4/c1-47-29-33-51-52-34-30-48(2)40-62(52)75(61(51)39-47,37-21-13-9-7-11-15-23-49-31-35-65-55(41-49)73(82)59-45-67-57(43-69(59)78(65)5)71(80)53-25-17-19-27-63(53)76(67)3)38-22-14-10-8-12-16-24-50-32-36-66-56(42-50)74(83)60-46-68-58(44-70(60)79(66)6)72(81)54-26-18-20-28-64(54)77(68)4/h17-20,25-36,39-46H,7-16,21-24,37-38H2,1-6H3. The fraction of sp³-hybridized carbons (Fsp3) is 0.307. The van der Waals surface area contributed by atoms with E-state index in [1.807, 2.05) is 110 Å². The van der Waals surface area contributed by atoms with Crippen LogP contribution < -0.4 is 21.7 Å². The van der Waals surface area contributed by atoms with Crippen LogP contribution in [0.15, 0.2) is 165 Å². The zero-order valence-electron chi connectivity index (χ0n) is 49.1. The van der Waals surface area contributed by atoms with Gasteiger partial charge in [0, 0.05) is 76.7 Å². The van der Waals surface area contributed by atoms with Gasteiger partial charge >= 0.3 is 0 Å². The molecule has 8 heteroatoms. The molecule has 8 nitrogen and oxygen atoms in total. The monoisotopic (exact) mass is 1090 g/mol. The van der Waals surface area contributed by atoms with Crippen molar-refractivity contribution in [3.63, 3.8) is 0 Å². The molecule has 0 atom stereocenters. The predicted octanol–water partition coefficient (Wildman–Crippen LogP) is 16.5. The van der Waals surface area contributed by atoms with E-state index >= 15 is 0 Å². The summed E-state index contributed by atoms with van der Waals surface area (Å²) in [6, 6.07) is 50.1. The summed E-state index contributed by atoms with van der Waals surface area (Å²) in [7, 11) is 7.94. The average Bonchev–Trinajstić information content (AvgIpc) is 4.01. The Balaban J connectivity index is 0.626. The molecule has 0 fully saturated rings. The minimum Gasteiger partial charge on any atom is -0.343 e. The fourth-order valence-electron chi connectivity index (χ4n) is 14.7. The van der Waals surface area contributed by atoms with E-state index in [9.17, 15) is 19.2 Å². The van der Waals surface area contributed by atoms with Gasteiger partial charge in [-0.3, -0.25) is 19.2 Å². The molecule has 13 rings (SSSR count). The zero-order chi connectivity index (χ0) is 57.3. The van der Waals surface area contributed by atoms with Crippen molar-refractivity contribution >= 4 is 87.2 Å². The molecule has 1 aliphatic carbocycles.